The molecular weight excluding hydrogens is 447 g/mol. The van der Waals surface area contributed by atoms with Crippen LogP contribution in [0.15, 0.2) is 54.9 Å². The number of aromatic nitrogens is 5. The fourth-order valence-electron chi connectivity index (χ4n) is 3.75. The lowest BCUT2D eigenvalue weighted by atomic mass is 10.1. The number of alkyl halides is 3. The summed E-state index contributed by atoms with van der Waals surface area (Å²) in [6.45, 7) is 2.39. The highest BCUT2D eigenvalue weighted by Crippen LogP contribution is 2.28. The highest BCUT2D eigenvalue weighted by Gasteiger charge is 2.31. The average Bonchev–Trinajstić information content (AvgIpc) is 3.35. The molecule has 174 valence electrons. The number of rotatable bonds is 7. The molecule has 0 unspecified atom stereocenters. The lowest BCUT2D eigenvalue weighted by Crippen LogP contribution is -2.17. The third-order valence-electron chi connectivity index (χ3n) is 5.18. The fraction of sp³-hybridized carbons (Fsp3) is 0.174. The topological polar surface area (TPSA) is 104 Å². The van der Waals surface area contributed by atoms with Gasteiger partial charge in [0.15, 0.2) is 0 Å². The van der Waals surface area contributed by atoms with Crippen LogP contribution in [0.2, 0.25) is 0 Å². The summed E-state index contributed by atoms with van der Waals surface area (Å²) in [7, 11) is 0. The molecule has 0 atom stereocenters. The number of ether oxygens (including phenoxy) is 1. The molecular formula is C23H20F3N7O. The van der Waals surface area contributed by atoms with E-state index < -0.39 is 6.36 Å². The van der Waals surface area contributed by atoms with Crippen molar-refractivity contribution in [3.63, 3.8) is 0 Å². The van der Waals surface area contributed by atoms with Crippen LogP contribution in [0.25, 0.3) is 21.9 Å². The molecule has 0 saturated heterocycles. The summed E-state index contributed by atoms with van der Waals surface area (Å²) in [5.74, 6) is 1.65. The number of aromatic amines is 2. The van der Waals surface area contributed by atoms with Gasteiger partial charge in [0.25, 0.3) is 0 Å². The van der Waals surface area contributed by atoms with Crippen molar-refractivity contribution >= 4 is 39.4 Å². The van der Waals surface area contributed by atoms with E-state index in [1.165, 1.54) is 12.1 Å². The molecule has 5 aromatic rings. The predicted octanol–water partition coefficient (Wildman–Crippen LogP) is 5.44. The van der Waals surface area contributed by atoms with Crippen molar-refractivity contribution in [3.8, 4) is 5.75 Å². The molecule has 4 N–H and O–H groups in total. The minimum atomic E-state index is -4.73. The first-order valence-electron chi connectivity index (χ1n) is 10.5. The summed E-state index contributed by atoms with van der Waals surface area (Å²) in [4.78, 5) is 19.4. The van der Waals surface area contributed by atoms with E-state index in [1.54, 1.807) is 24.5 Å². The first-order chi connectivity index (χ1) is 16.3. The zero-order valence-electron chi connectivity index (χ0n) is 18.0. The Balaban J connectivity index is 1.24. The second kappa shape index (κ2) is 8.58. The van der Waals surface area contributed by atoms with Gasteiger partial charge in [-0.25, -0.2) is 9.97 Å². The van der Waals surface area contributed by atoms with Gasteiger partial charge in [-0.2, -0.15) is 4.98 Å². The number of H-pyrrole nitrogens is 2. The number of nitrogens with one attached hydrogen (secondary N) is 4. The molecule has 3 heterocycles. The van der Waals surface area contributed by atoms with E-state index in [9.17, 15) is 13.2 Å². The minimum Gasteiger partial charge on any atom is -0.406 e. The average molecular weight is 467 g/mol. The second-order valence-corrected chi connectivity index (χ2v) is 7.69. The molecule has 2 aromatic carbocycles. The zero-order valence-corrected chi connectivity index (χ0v) is 18.0. The van der Waals surface area contributed by atoms with Crippen LogP contribution in [0.3, 0.4) is 0 Å². The summed E-state index contributed by atoms with van der Waals surface area (Å²) in [6, 6.07) is 11.8. The largest absolute Gasteiger partial charge is 0.573 e. The molecule has 5 rings (SSSR count). The molecule has 0 bridgehead atoms. The Labute approximate surface area is 191 Å². The number of anilines is 3. The Morgan fingerprint density at radius 2 is 1.91 bits per heavy atom. The van der Waals surface area contributed by atoms with E-state index in [1.807, 2.05) is 25.1 Å². The van der Waals surface area contributed by atoms with Gasteiger partial charge in [0.2, 0.25) is 5.95 Å². The van der Waals surface area contributed by atoms with Crippen molar-refractivity contribution in [2.45, 2.75) is 19.7 Å². The third kappa shape index (κ3) is 4.87. The molecule has 34 heavy (non-hydrogen) atoms. The number of hydrogen-bond acceptors (Lipinski definition) is 6. The first-order valence-corrected chi connectivity index (χ1v) is 10.5. The minimum absolute atomic E-state index is 0.251. The van der Waals surface area contributed by atoms with Crippen LogP contribution in [0.4, 0.5) is 30.6 Å². The summed E-state index contributed by atoms with van der Waals surface area (Å²) in [5, 5.41) is 7.08. The molecule has 0 aliphatic carbocycles. The van der Waals surface area contributed by atoms with Crippen LogP contribution in [-0.4, -0.2) is 37.8 Å². The molecule has 0 spiro atoms. The molecule has 8 nitrogen and oxygen atoms in total. The Morgan fingerprint density at radius 3 is 2.76 bits per heavy atom. The van der Waals surface area contributed by atoms with Gasteiger partial charge >= 0.3 is 6.36 Å². The Bertz CT molecular complexity index is 1460. The summed E-state index contributed by atoms with van der Waals surface area (Å²) in [6.07, 6.45) is -0.768. The Hall–Kier alpha value is -4.28. The summed E-state index contributed by atoms with van der Waals surface area (Å²) >= 11 is 0. The molecule has 3 aromatic heterocycles. The van der Waals surface area contributed by atoms with Gasteiger partial charge in [-0.3, -0.25) is 0 Å². The second-order valence-electron chi connectivity index (χ2n) is 7.69. The molecule has 11 heteroatoms. The number of hydrogen-bond donors (Lipinski definition) is 4. The predicted molar refractivity (Wildman–Crippen MR) is 123 cm³/mol. The van der Waals surface area contributed by atoms with Gasteiger partial charge in [0.05, 0.1) is 11.0 Å². The number of imidazole rings is 1. The number of benzene rings is 2. The standard InChI is InChI=1S/C23H20F3N7O/c1-13-30-19-4-2-15(10-20(19)31-13)32-21-7-9-28-22(33-21)27-8-6-14-12-29-18-5-3-16(11-17(14)18)34-23(24,25)26/h2-5,7,9-12,29H,6,8H2,1H3,(H,30,31)(H2,27,28,32,33). The summed E-state index contributed by atoms with van der Waals surface area (Å²) in [5.41, 5.74) is 4.26. The van der Waals surface area contributed by atoms with Crippen molar-refractivity contribution in [3.05, 3.63) is 66.2 Å². The zero-order chi connectivity index (χ0) is 23.7. The highest BCUT2D eigenvalue weighted by atomic mass is 19.4. The maximum atomic E-state index is 12.5. The van der Waals surface area contributed by atoms with E-state index in [-0.39, 0.29) is 5.75 Å². The van der Waals surface area contributed by atoms with Gasteiger partial charge in [-0.15, -0.1) is 13.2 Å². The van der Waals surface area contributed by atoms with Crippen molar-refractivity contribution in [2.75, 3.05) is 17.2 Å². The van der Waals surface area contributed by atoms with E-state index in [2.05, 4.69) is 40.3 Å². The van der Waals surface area contributed by atoms with Crippen LogP contribution < -0.4 is 15.4 Å². The number of fused-ring (bicyclic) bond motifs is 2. The van der Waals surface area contributed by atoms with Crippen LogP contribution >= 0.6 is 0 Å². The maximum absolute atomic E-state index is 12.5. The van der Waals surface area contributed by atoms with Gasteiger partial charge in [-0.05, 0) is 61.4 Å². The van der Waals surface area contributed by atoms with E-state index >= 15 is 0 Å². The Morgan fingerprint density at radius 1 is 1.03 bits per heavy atom. The quantitative estimate of drug-likeness (QED) is 0.254. The molecule has 0 amide bonds. The number of halogens is 3. The van der Waals surface area contributed by atoms with Crippen LogP contribution in [0, 0.1) is 6.92 Å². The molecule has 0 radical (unpaired) electrons. The lowest BCUT2D eigenvalue weighted by molar-refractivity contribution is -0.274. The fourth-order valence-corrected chi connectivity index (χ4v) is 3.75. The van der Waals surface area contributed by atoms with Crippen LogP contribution in [0.5, 0.6) is 5.75 Å². The van der Waals surface area contributed by atoms with Gasteiger partial charge in [-0.1, -0.05) is 0 Å². The maximum Gasteiger partial charge on any atom is 0.573 e. The van der Waals surface area contributed by atoms with Crippen molar-refractivity contribution in [2.24, 2.45) is 0 Å². The van der Waals surface area contributed by atoms with E-state index in [0.717, 1.165) is 33.6 Å². The van der Waals surface area contributed by atoms with Gasteiger partial charge in [0.1, 0.15) is 17.4 Å². The van der Waals surface area contributed by atoms with Crippen molar-refractivity contribution in [1.82, 2.24) is 24.9 Å². The Kier molecular flexibility index (Phi) is 5.44. The molecule has 0 aliphatic heterocycles. The molecule has 0 fully saturated rings. The molecule has 0 saturated carbocycles. The molecule has 0 aliphatic rings. The first kappa shape index (κ1) is 21.6. The highest BCUT2D eigenvalue weighted by molar-refractivity contribution is 5.84. The van der Waals surface area contributed by atoms with Crippen molar-refractivity contribution in [1.29, 1.82) is 0 Å². The monoisotopic (exact) mass is 467 g/mol. The third-order valence-corrected chi connectivity index (χ3v) is 5.18. The smallest absolute Gasteiger partial charge is 0.406 e. The number of aryl methyl sites for hydroxylation is 1. The lowest BCUT2D eigenvalue weighted by Gasteiger charge is -2.10. The van der Waals surface area contributed by atoms with Crippen LogP contribution in [0.1, 0.15) is 11.4 Å². The number of nitrogens with zero attached hydrogens (tertiary/aromatic N) is 3. The van der Waals surface area contributed by atoms with E-state index in [4.69, 9.17) is 0 Å². The normalized spacial score (nSPS) is 11.8. The summed E-state index contributed by atoms with van der Waals surface area (Å²) < 4.78 is 41.6. The SMILES string of the molecule is Cc1nc2ccc(Nc3ccnc(NCCc4c[nH]c5ccc(OC(F)(F)F)cc45)n3)cc2[nH]1. The van der Waals surface area contributed by atoms with E-state index in [0.29, 0.717) is 30.1 Å². The van der Waals surface area contributed by atoms with Crippen molar-refractivity contribution < 1.29 is 17.9 Å². The van der Waals surface area contributed by atoms with Gasteiger partial charge < -0.3 is 25.3 Å². The van der Waals surface area contributed by atoms with Gasteiger partial charge in [0, 0.05) is 35.5 Å². The van der Waals surface area contributed by atoms with Crippen LogP contribution in [-0.2, 0) is 6.42 Å².